The maximum absolute atomic E-state index is 11.0. The Morgan fingerprint density at radius 3 is 2.58 bits per heavy atom. The van der Waals surface area contributed by atoms with Crippen molar-refractivity contribution in [3.05, 3.63) is 50.6 Å². The molecular formula is C14H19N3OS. The maximum atomic E-state index is 11.0. The number of hydrogen-bond acceptors (Lipinski definition) is 4. The molecule has 2 rings (SSSR count). The molecule has 0 unspecified atom stereocenters. The first-order valence-corrected chi connectivity index (χ1v) is 7.09. The molecule has 5 heteroatoms. The summed E-state index contributed by atoms with van der Waals surface area (Å²) < 4.78 is 0. The molecule has 1 heterocycles. The van der Waals surface area contributed by atoms with Crippen LogP contribution in [-0.4, -0.2) is 11.5 Å². The Balaban J connectivity index is 1.93. The zero-order chi connectivity index (χ0) is 13.9. The van der Waals surface area contributed by atoms with E-state index in [1.165, 1.54) is 16.9 Å². The molecule has 102 valence electrons. The molecule has 1 aromatic carbocycles. The summed E-state index contributed by atoms with van der Waals surface area (Å²) in [4.78, 5) is 13.8. The second kappa shape index (κ2) is 5.59. The third-order valence-corrected chi connectivity index (χ3v) is 3.86. The van der Waals surface area contributed by atoms with E-state index < -0.39 is 0 Å². The number of thiazole rings is 1. The summed E-state index contributed by atoms with van der Waals surface area (Å²) in [7, 11) is 0. The molecule has 0 aliphatic carbocycles. The molecule has 0 radical (unpaired) electrons. The third kappa shape index (κ3) is 3.68. The fraction of sp³-hybridized carbons (Fsp3) is 0.357. The molecule has 4 nitrogen and oxygen atoms in total. The van der Waals surface area contributed by atoms with E-state index in [-0.39, 0.29) is 10.3 Å². The second-order valence-electron chi connectivity index (χ2n) is 5.28. The lowest BCUT2D eigenvalue weighted by Crippen LogP contribution is -2.32. The molecule has 0 atom stereocenters. The summed E-state index contributed by atoms with van der Waals surface area (Å²) in [5.74, 6) is 0. The quantitative estimate of drug-likeness (QED) is 0.733. The molecule has 0 spiro atoms. The molecule has 0 amide bonds. The van der Waals surface area contributed by atoms with Gasteiger partial charge >= 0.3 is 4.87 Å². The highest BCUT2D eigenvalue weighted by Gasteiger charge is 2.19. The highest BCUT2D eigenvalue weighted by atomic mass is 32.1. The van der Waals surface area contributed by atoms with Crippen molar-refractivity contribution in [2.45, 2.75) is 25.8 Å². The zero-order valence-corrected chi connectivity index (χ0v) is 12.0. The van der Waals surface area contributed by atoms with Gasteiger partial charge in [0.1, 0.15) is 0 Å². The van der Waals surface area contributed by atoms with Crippen LogP contribution in [0.25, 0.3) is 0 Å². The smallest absolute Gasteiger partial charge is 0.304 e. The molecule has 19 heavy (non-hydrogen) atoms. The van der Waals surface area contributed by atoms with Crippen LogP contribution in [-0.2, 0) is 12.0 Å². The Bertz CT molecular complexity index is 583. The summed E-state index contributed by atoms with van der Waals surface area (Å²) in [5.41, 5.74) is 8.68. The topological polar surface area (TPSA) is 70.9 Å². The average molecular weight is 277 g/mol. The largest absolute Gasteiger partial charge is 0.399 e. The van der Waals surface area contributed by atoms with Crippen LogP contribution in [0.4, 0.5) is 5.69 Å². The molecule has 0 saturated heterocycles. The molecule has 4 N–H and O–H groups in total. The number of aromatic nitrogens is 1. The van der Waals surface area contributed by atoms with Gasteiger partial charge in [0.2, 0.25) is 0 Å². The lowest BCUT2D eigenvalue weighted by atomic mass is 9.84. The molecular weight excluding hydrogens is 258 g/mol. The molecule has 2 aromatic rings. The van der Waals surface area contributed by atoms with Gasteiger partial charge in [0.25, 0.3) is 0 Å². The van der Waals surface area contributed by atoms with Gasteiger partial charge in [-0.1, -0.05) is 37.3 Å². The fourth-order valence-electron chi connectivity index (χ4n) is 1.95. The van der Waals surface area contributed by atoms with Gasteiger partial charge in [0.15, 0.2) is 0 Å². The van der Waals surface area contributed by atoms with Crippen LogP contribution < -0.4 is 15.9 Å². The van der Waals surface area contributed by atoms with Crippen LogP contribution in [0.15, 0.2) is 34.4 Å². The normalized spacial score (nSPS) is 11.7. The van der Waals surface area contributed by atoms with Gasteiger partial charge in [-0.15, -0.1) is 0 Å². The van der Waals surface area contributed by atoms with E-state index in [9.17, 15) is 4.79 Å². The van der Waals surface area contributed by atoms with E-state index in [0.29, 0.717) is 6.54 Å². The van der Waals surface area contributed by atoms with Crippen LogP contribution in [0, 0.1) is 0 Å². The molecule has 0 saturated carbocycles. The van der Waals surface area contributed by atoms with Crippen molar-refractivity contribution in [1.29, 1.82) is 0 Å². The number of H-pyrrole nitrogens is 1. The van der Waals surface area contributed by atoms with Gasteiger partial charge in [0.05, 0.1) is 0 Å². The summed E-state index contributed by atoms with van der Waals surface area (Å²) in [5, 5.41) is 5.23. The second-order valence-corrected chi connectivity index (χ2v) is 6.13. The van der Waals surface area contributed by atoms with E-state index in [1.807, 2.05) is 17.5 Å². The highest BCUT2D eigenvalue weighted by molar-refractivity contribution is 7.07. The predicted molar refractivity (Wildman–Crippen MR) is 80.5 cm³/mol. The Hall–Kier alpha value is -1.59. The van der Waals surface area contributed by atoms with Crippen LogP contribution in [0.1, 0.15) is 25.1 Å². The predicted octanol–water partition coefficient (Wildman–Crippen LogP) is 2.09. The van der Waals surface area contributed by atoms with Gasteiger partial charge in [-0.2, -0.15) is 0 Å². The van der Waals surface area contributed by atoms with E-state index in [0.717, 1.165) is 17.9 Å². The molecule has 1 aromatic heterocycles. The number of benzene rings is 1. The zero-order valence-electron chi connectivity index (χ0n) is 11.2. The monoisotopic (exact) mass is 277 g/mol. The molecule has 0 aliphatic heterocycles. The Labute approximate surface area is 116 Å². The maximum Gasteiger partial charge on any atom is 0.304 e. The number of nitrogen functional groups attached to an aromatic ring is 1. The van der Waals surface area contributed by atoms with E-state index in [1.54, 1.807) is 0 Å². The van der Waals surface area contributed by atoms with Gasteiger partial charge < -0.3 is 16.0 Å². The standard InChI is InChI=1S/C14H19N3OS/c1-14(2,10-3-5-11(15)6-4-10)9-16-7-12-8-19-13(18)17-12/h3-6,8,16H,7,9,15H2,1-2H3,(H,17,18). The lowest BCUT2D eigenvalue weighted by Gasteiger charge is -2.25. The van der Waals surface area contributed by atoms with Crippen molar-refractivity contribution < 1.29 is 0 Å². The van der Waals surface area contributed by atoms with Crippen molar-refractivity contribution in [2.24, 2.45) is 0 Å². The molecule has 0 fully saturated rings. The summed E-state index contributed by atoms with van der Waals surface area (Å²) in [6.45, 7) is 5.87. The van der Waals surface area contributed by atoms with Gasteiger partial charge in [0, 0.05) is 35.3 Å². The molecule has 0 aliphatic rings. The van der Waals surface area contributed by atoms with E-state index in [2.05, 4.69) is 36.3 Å². The van der Waals surface area contributed by atoms with Gasteiger partial charge in [-0.25, -0.2) is 0 Å². The van der Waals surface area contributed by atoms with Crippen LogP contribution in [0.3, 0.4) is 0 Å². The van der Waals surface area contributed by atoms with E-state index in [4.69, 9.17) is 5.73 Å². The number of nitrogens with two attached hydrogens (primary N) is 1. The third-order valence-electron chi connectivity index (χ3n) is 3.15. The lowest BCUT2D eigenvalue weighted by molar-refractivity contribution is 0.467. The Kier molecular flexibility index (Phi) is 4.07. The average Bonchev–Trinajstić information content (AvgIpc) is 2.75. The Morgan fingerprint density at radius 1 is 1.32 bits per heavy atom. The van der Waals surface area contributed by atoms with Crippen LogP contribution in [0.2, 0.25) is 0 Å². The van der Waals surface area contributed by atoms with Gasteiger partial charge in [-0.05, 0) is 17.7 Å². The first kappa shape index (κ1) is 13.8. The van der Waals surface area contributed by atoms with Crippen molar-refractivity contribution in [1.82, 2.24) is 10.3 Å². The SMILES string of the molecule is CC(C)(CNCc1csc(=O)[nH]1)c1ccc(N)cc1. The summed E-state index contributed by atoms with van der Waals surface area (Å²) in [6, 6.07) is 7.97. The van der Waals surface area contributed by atoms with Crippen molar-refractivity contribution in [3.8, 4) is 0 Å². The molecule has 0 bridgehead atoms. The minimum Gasteiger partial charge on any atom is -0.399 e. The fourth-order valence-corrected chi connectivity index (χ4v) is 2.53. The van der Waals surface area contributed by atoms with E-state index >= 15 is 0 Å². The summed E-state index contributed by atoms with van der Waals surface area (Å²) >= 11 is 1.20. The van der Waals surface area contributed by atoms with Crippen molar-refractivity contribution in [2.75, 3.05) is 12.3 Å². The number of nitrogens with one attached hydrogen (secondary N) is 2. The first-order chi connectivity index (χ1) is 8.97. The number of aromatic amines is 1. The Morgan fingerprint density at radius 2 is 2.00 bits per heavy atom. The van der Waals surface area contributed by atoms with Crippen molar-refractivity contribution in [3.63, 3.8) is 0 Å². The highest BCUT2D eigenvalue weighted by Crippen LogP contribution is 2.23. The summed E-state index contributed by atoms with van der Waals surface area (Å²) in [6.07, 6.45) is 0. The first-order valence-electron chi connectivity index (χ1n) is 6.21. The van der Waals surface area contributed by atoms with Gasteiger partial charge in [-0.3, -0.25) is 4.79 Å². The minimum absolute atomic E-state index is 0.00500. The number of hydrogen-bond donors (Lipinski definition) is 3. The number of rotatable bonds is 5. The van der Waals surface area contributed by atoms with Crippen molar-refractivity contribution >= 4 is 17.0 Å². The number of anilines is 1. The van der Waals surface area contributed by atoms with Crippen LogP contribution in [0.5, 0.6) is 0 Å². The van der Waals surface area contributed by atoms with Crippen LogP contribution >= 0.6 is 11.3 Å². The minimum atomic E-state index is -0.00500.